The van der Waals surface area contributed by atoms with Gasteiger partial charge >= 0.3 is 6.09 Å². The van der Waals surface area contributed by atoms with Gasteiger partial charge in [-0.15, -0.1) is 0 Å². The highest BCUT2D eigenvalue weighted by atomic mass is 32.2. The van der Waals surface area contributed by atoms with Crippen LogP contribution in [-0.2, 0) is 14.7 Å². The van der Waals surface area contributed by atoms with Crippen LogP contribution in [0.15, 0.2) is 0 Å². The number of rotatable bonds is 4. The third kappa shape index (κ3) is 4.16. The van der Waals surface area contributed by atoms with E-state index in [1.54, 1.807) is 0 Å². The van der Waals surface area contributed by atoms with Crippen LogP contribution < -0.4 is 0 Å². The molecule has 0 heterocycles. The molecule has 17 heavy (non-hydrogen) atoms. The van der Waals surface area contributed by atoms with Crippen LogP contribution >= 0.6 is 0 Å². The van der Waals surface area contributed by atoms with Crippen molar-refractivity contribution in [2.24, 2.45) is 0 Å². The fourth-order valence-electron chi connectivity index (χ4n) is 1.84. The summed E-state index contributed by atoms with van der Waals surface area (Å²) in [5.41, 5.74) is -1.14. The van der Waals surface area contributed by atoms with Crippen molar-refractivity contribution >= 4 is 15.9 Å². The number of nitrogens with zero attached hydrogens (tertiary/aromatic N) is 1. The maximum atomic E-state index is 11.2. The first-order valence-corrected chi connectivity index (χ1v) is 7.65. The van der Waals surface area contributed by atoms with Gasteiger partial charge in [-0.3, -0.25) is 0 Å². The van der Waals surface area contributed by atoms with Crippen LogP contribution in [0, 0.1) is 0 Å². The molecular formula is C10H19NO5S. The third-order valence-corrected chi connectivity index (χ3v) is 4.25. The summed E-state index contributed by atoms with van der Waals surface area (Å²) in [7, 11) is -3.40. The van der Waals surface area contributed by atoms with Crippen LogP contribution in [0.3, 0.4) is 0 Å². The smallest absolute Gasteiger partial charge is 0.431 e. The summed E-state index contributed by atoms with van der Waals surface area (Å²) in [5.74, 6) is 0. The molecule has 1 saturated carbocycles. The van der Waals surface area contributed by atoms with E-state index in [1.807, 2.05) is 0 Å². The number of hydroxylamine groups is 2. The van der Waals surface area contributed by atoms with Crippen molar-refractivity contribution in [3.05, 3.63) is 0 Å². The quantitative estimate of drug-likeness (QED) is 0.781. The maximum absolute atomic E-state index is 11.2. The maximum Gasteiger partial charge on any atom is 0.431 e. The summed E-state index contributed by atoms with van der Waals surface area (Å²) >= 11 is 0. The summed E-state index contributed by atoms with van der Waals surface area (Å²) in [6, 6.07) is -0.231. The van der Waals surface area contributed by atoms with Crippen molar-refractivity contribution in [3.63, 3.8) is 0 Å². The van der Waals surface area contributed by atoms with E-state index in [0.717, 1.165) is 43.4 Å². The van der Waals surface area contributed by atoms with Gasteiger partial charge in [0.2, 0.25) is 0 Å². The SMILES string of the molecule is CC(ON(C(=O)O)C1CCCCC1)S(C)(=O)=O. The molecule has 0 spiro atoms. The van der Waals surface area contributed by atoms with Gasteiger partial charge in [0.1, 0.15) is 0 Å². The molecule has 1 aliphatic carbocycles. The highest BCUT2D eigenvalue weighted by molar-refractivity contribution is 7.91. The second-order valence-corrected chi connectivity index (χ2v) is 6.73. The Labute approximate surface area is 101 Å². The molecule has 1 amide bonds. The topological polar surface area (TPSA) is 83.9 Å². The van der Waals surface area contributed by atoms with Gasteiger partial charge in [0, 0.05) is 6.26 Å². The molecule has 1 N–H and O–H groups in total. The highest BCUT2D eigenvalue weighted by Gasteiger charge is 2.30. The van der Waals surface area contributed by atoms with Crippen LogP contribution in [0.2, 0.25) is 0 Å². The lowest BCUT2D eigenvalue weighted by atomic mass is 9.95. The molecule has 0 aromatic heterocycles. The van der Waals surface area contributed by atoms with Crippen LogP contribution in [-0.4, -0.2) is 42.4 Å². The molecule has 1 fully saturated rings. The first-order valence-electron chi connectivity index (χ1n) is 5.70. The Morgan fingerprint density at radius 1 is 1.35 bits per heavy atom. The summed E-state index contributed by atoms with van der Waals surface area (Å²) < 4.78 is 22.5. The predicted octanol–water partition coefficient (Wildman–Crippen LogP) is 1.62. The molecule has 100 valence electrons. The van der Waals surface area contributed by atoms with Gasteiger partial charge in [0.05, 0.1) is 6.04 Å². The highest BCUT2D eigenvalue weighted by Crippen LogP contribution is 2.24. The molecule has 0 radical (unpaired) electrons. The second-order valence-electron chi connectivity index (χ2n) is 4.40. The molecule has 0 aromatic rings. The zero-order valence-corrected chi connectivity index (χ0v) is 10.9. The average Bonchev–Trinajstić information content (AvgIpc) is 2.25. The molecule has 0 saturated heterocycles. The minimum absolute atomic E-state index is 0.231. The molecule has 7 heteroatoms. The van der Waals surface area contributed by atoms with Gasteiger partial charge in [0.25, 0.3) is 0 Å². The zero-order valence-electron chi connectivity index (χ0n) is 10.1. The summed E-state index contributed by atoms with van der Waals surface area (Å²) in [6.45, 7) is 1.34. The first kappa shape index (κ1) is 14.2. The van der Waals surface area contributed by atoms with E-state index in [9.17, 15) is 13.2 Å². The van der Waals surface area contributed by atoms with Gasteiger partial charge in [-0.05, 0) is 19.8 Å². The molecular weight excluding hydrogens is 246 g/mol. The molecule has 0 bridgehead atoms. The summed E-state index contributed by atoms with van der Waals surface area (Å²) in [5, 5.41) is 9.86. The van der Waals surface area contributed by atoms with Gasteiger partial charge in [-0.1, -0.05) is 19.3 Å². The number of sulfone groups is 1. The van der Waals surface area contributed by atoms with Crippen molar-refractivity contribution < 1.29 is 23.2 Å². The number of carbonyl (C=O) groups is 1. The van der Waals surface area contributed by atoms with E-state index in [4.69, 9.17) is 9.94 Å². The van der Waals surface area contributed by atoms with Crippen LogP contribution in [0.5, 0.6) is 0 Å². The lowest BCUT2D eigenvalue weighted by Crippen LogP contribution is -2.44. The second kappa shape index (κ2) is 5.68. The molecule has 1 rings (SSSR count). The van der Waals surface area contributed by atoms with Crippen LogP contribution in [0.1, 0.15) is 39.0 Å². The van der Waals surface area contributed by atoms with Crippen LogP contribution in [0.25, 0.3) is 0 Å². The summed E-state index contributed by atoms with van der Waals surface area (Å²) in [4.78, 5) is 16.1. The zero-order chi connectivity index (χ0) is 13.1. The molecule has 1 aliphatic rings. The van der Waals surface area contributed by atoms with E-state index in [-0.39, 0.29) is 6.04 Å². The monoisotopic (exact) mass is 265 g/mol. The average molecular weight is 265 g/mol. The Balaban J connectivity index is 2.69. The van der Waals surface area contributed by atoms with Gasteiger partial charge in [-0.25, -0.2) is 18.0 Å². The molecule has 1 atom stereocenters. The molecule has 0 aliphatic heterocycles. The molecule has 6 nitrogen and oxygen atoms in total. The minimum Gasteiger partial charge on any atom is -0.463 e. The Bertz CT molecular complexity index is 361. The summed E-state index contributed by atoms with van der Waals surface area (Å²) in [6.07, 6.45) is 4.23. The molecule has 0 aromatic carbocycles. The van der Waals surface area contributed by atoms with Crippen LogP contribution in [0.4, 0.5) is 4.79 Å². The van der Waals surface area contributed by atoms with Crippen molar-refractivity contribution in [2.45, 2.75) is 50.5 Å². The molecule has 1 unspecified atom stereocenters. The van der Waals surface area contributed by atoms with Crippen molar-refractivity contribution in [1.29, 1.82) is 0 Å². The largest absolute Gasteiger partial charge is 0.463 e. The van der Waals surface area contributed by atoms with Gasteiger partial charge in [0.15, 0.2) is 15.3 Å². The van der Waals surface area contributed by atoms with E-state index < -0.39 is 21.4 Å². The number of amides is 1. The number of carboxylic acid groups (broad SMARTS) is 1. The van der Waals surface area contributed by atoms with Crippen molar-refractivity contribution in [3.8, 4) is 0 Å². The fraction of sp³-hybridized carbons (Fsp3) is 0.900. The van der Waals surface area contributed by atoms with E-state index in [2.05, 4.69) is 0 Å². The lowest BCUT2D eigenvalue weighted by molar-refractivity contribution is -0.171. The first-order chi connectivity index (χ1) is 7.82. The van der Waals surface area contributed by atoms with Crippen molar-refractivity contribution in [2.75, 3.05) is 6.26 Å². The van der Waals surface area contributed by atoms with Gasteiger partial charge in [-0.2, -0.15) is 5.06 Å². The number of hydrogen-bond acceptors (Lipinski definition) is 4. The standard InChI is InChI=1S/C10H19NO5S/c1-8(17(2,14)15)16-11(10(12)13)9-6-4-3-5-7-9/h8-9H,3-7H2,1-2H3,(H,12,13). The van der Waals surface area contributed by atoms with E-state index >= 15 is 0 Å². The predicted molar refractivity (Wildman–Crippen MR) is 62.1 cm³/mol. The fourth-order valence-corrected chi connectivity index (χ4v) is 2.09. The lowest BCUT2D eigenvalue weighted by Gasteiger charge is -2.32. The Hall–Kier alpha value is -0.820. The number of hydrogen-bond donors (Lipinski definition) is 1. The Morgan fingerprint density at radius 2 is 1.88 bits per heavy atom. The normalized spacial score (nSPS) is 19.9. The minimum atomic E-state index is -3.40. The van der Waals surface area contributed by atoms with E-state index in [0.29, 0.717) is 0 Å². The van der Waals surface area contributed by atoms with Gasteiger partial charge < -0.3 is 5.11 Å². The van der Waals surface area contributed by atoms with E-state index in [1.165, 1.54) is 6.92 Å². The Morgan fingerprint density at radius 3 is 2.29 bits per heavy atom. The Kier molecular flexibility index (Phi) is 4.76. The van der Waals surface area contributed by atoms with Crippen molar-refractivity contribution in [1.82, 2.24) is 5.06 Å². The third-order valence-electron chi connectivity index (χ3n) is 2.96.